The number of ether oxygens (including phenoxy) is 1. The first-order valence-electron chi connectivity index (χ1n) is 6.66. The molecule has 0 aliphatic carbocycles. The second-order valence-electron chi connectivity index (χ2n) is 5.28. The summed E-state index contributed by atoms with van der Waals surface area (Å²) >= 11 is 0. The summed E-state index contributed by atoms with van der Waals surface area (Å²) in [6.07, 6.45) is 3.93. The lowest BCUT2D eigenvalue weighted by Crippen LogP contribution is -2.47. The molecule has 1 fully saturated rings. The van der Waals surface area contributed by atoms with Crippen LogP contribution < -0.4 is 0 Å². The first-order valence-corrected chi connectivity index (χ1v) is 6.66. The van der Waals surface area contributed by atoms with Gasteiger partial charge in [0.1, 0.15) is 0 Å². The molecule has 0 unspecified atom stereocenters. The van der Waals surface area contributed by atoms with Gasteiger partial charge in [-0.2, -0.15) is 0 Å². The number of rotatable bonds is 2. The standard InChI is InChI=1S/C16H22O2/c1-11-13(3)18-15(12(2)16(11)17)10-9-14-7-5-4-6-8-14/h4-13,15-17H,1-3H3/b10-9+/t11-,12+,13+,15-,16-/m0/s1. The lowest BCUT2D eigenvalue weighted by Gasteiger charge is -2.40. The molecular formula is C16H22O2. The van der Waals surface area contributed by atoms with E-state index >= 15 is 0 Å². The van der Waals surface area contributed by atoms with Crippen molar-refractivity contribution in [1.29, 1.82) is 0 Å². The van der Waals surface area contributed by atoms with E-state index in [4.69, 9.17) is 4.74 Å². The minimum absolute atomic E-state index is 0.00796. The zero-order valence-electron chi connectivity index (χ0n) is 11.3. The van der Waals surface area contributed by atoms with E-state index in [-0.39, 0.29) is 30.1 Å². The predicted octanol–water partition coefficient (Wildman–Crippen LogP) is 3.12. The Kier molecular flexibility index (Phi) is 4.20. The van der Waals surface area contributed by atoms with Gasteiger partial charge < -0.3 is 9.84 Å². The van der Waals surface area contributed by atoms with Crippen LogP contribution in [-0.2, 0) is 4.74 Å². The largest absolute Gasteiger partial charge is 0.392 e. The Morgan fingerprint density at radius 2 is 1.72 bits per heavy atom. The SMILES string of the molecule is C[C@@H]1[C@H](O)[C@H](C)[C@H](/C=C/c2ccccc2)O[C@@H]1C. The predicted molar refractivity (Wildman–Crippen MR) is 74.1 cm³/mol. The molecule has 0 radical (unpaired) electrons. The van der Waals surface area contributed by atoms with Crippen LogP contribution in [0.3, 0.4) is 0 Å². The summed E-state index contributed by atoms with van der Waals surface area (Å²) in [4.78, 5) is 0. The van der Waals surface area contributed by atoms with E-state index < -0.39 is 0 Å². The summed E-state index contributed by atoms with van der Waals surface area (Å²) in [5.74, 6) is 0.331. The highest BCUT2D eigenvalue weighted by Crippen LogP contribution is 2.30. The van der Waals surface area contributed by atoms with Crippen LogP contribution >= 0.6 is 0 Å². The molecule has 0 saturated carbocycles. The number of benzene rings is 1. The maximum atomic E-state index is 10.2. The number of hydrogen-bond donors (Lipinski definition) is 1. The molecule has 1 aromatic rings. The molecule has 1 aromatic carbocycles. The van der Waals surface area contributed by atoms with Crippen LogP contribution in [0.2, 0.25) is 0 Å². The molecule has 0 amide bonds. The minimum atomic E-state index is -0.292. The lowest BCUT2D eigenvalue weighted by molar-refractivity contribution is -0.139. The van der Waals surface area contributed by atoms with Gasteiger partial charge >= 0.3 is 0 Å². The summed E-state index contributed by atoms with van der Waals surface area (Å²) in [6, 6.07) is 10.2. The molecule has 18 heavy (non-hydrogen) atoms. The molecule has 1 saturated heterocycles. The van der Waals surface area contributed by atoms with E-state index in [1.54, 1.807) is 0 Å². The van der Waals surface area contributed by atoms with Gasteiger partial charge in [0.25, 0.3) is 0 Å². The van der Waals surface area contributed by atoms with Crippen molar-refractivity contribution in [2.45, 2.75) is 39.1 Å². The third kappa shape index (κ3) is 2.82. The van der Waals surface area contributed by atoms with E-state index in [1.807, 2.05) is 39.0 Å². The number of hydrogen-bond acceptors (Lipinski definition) is 2. The zero-order valence-corrected chi connectivity index (χ0v) is 11.3. The third-order valence-corrected chi connectivity index (χ3v) is 3.99. The van der Waals surface area contributed by atoms with E-state index in [1.165, 1.54) is 0 Å². The highest BCUT2D eigenvalue weighted by molar-refractivity contribution is 5.49. The molecule has 1 aliphatic rings. The topological polar surface area (TPSA) is 29.5 Å². The summed E-state index contributed by atoms with van der Waals surface area (Å²) in [5, 5.41) is 10.2. The highest BCUT2D eigenvalue weighted by Gasteiger charge is 2.37. The fourth-order valence-electron chi connectivity index (χ4n) is 2.44. The van der Waals surface area contributed by atoms with Crippen molar-refractivity contribution < 1.29 is 9.84 Å². The van der Waals surface area contributed by atoms with Crippen molar-refractivity contribution in [3.63, 3.8) is 0 Å². The van der Waals surface area contributed by atoms with Crippen LogP contribution in [0.25, 0.3) is 6.08 Å². The molecule has 2 rings (SSSR count). The Balaban J connectivity index is 2.07. The van der Waals surface area contributed by atoms with Gasteiger partial charge in [-0.3, -0.25) is 0 Å². The van der Waals surface area contributed by atoms with Crippen molar-refractivity contribution in [2.24, 2.45) is 11.8 Å². The van der Waals surface area contributed by atoms with E-state index in [9.17, 15) is 5.11 Å². The maximum Gasteiger partial charge on any atom is 0.0813 e. The molecule has 0 bridgehead atoms. The molecule has 1 N–H and O–H groups in total. The zero-order chi connectivity index (χ0) is 13.1. The van der Waals surface area contributed by atoms with Crippen LogP contribution in [0.15, 0.2) is 36.4 Å². The average Bonchev–Trinajstić information content (AvgIpc) is 2.40. The molecule has 98 valence electrons. The Morgan fingerprint density at radius 1 is 1.06 bits per heavy atom. The normalized spacial score (nSPS) is 37.0. The van der Waals surface area contributed by atoms with E-state index in [0.29, 0.717) is 0 Å². The average molecular weight is 246 g/mol. The van der Waals surface area contributed by atoms with Crippen molar-refractivity contribution in [3.8, 4) is 0 Å². The van der Waals surface area contributed by atoms with Crippen molar-refractivity contribution in [2.75, 3.05) is 0 Å². The summed E-state index contributed by atoms with van der Waals surface area (Å²) in [7, 11) is 0. The number of aliphatic hydroxyl groups is 1. The first-order chi connectivity index (χ1) is 8.59. The van der Waals surface area contributed by atoms with E-state index in [2.05, 4.69) is 24.3 Å². The van der Waals surface area contributed by atoms with Crippen LogP contribution in [0.4, 0.5) is 0 Å². The molecule has 1 aliphatic heterocycles. The lowest BCUT2D eigenvalue weighted by atomic mass is 9.83. The summed E-state index contributed by atoms with van der Waals surface area (Å²) in [5.41, 5.74) is 1.16. The molecule has 2 heteroatoms. The van der Waals surface area contributed by atoms with Crippen LogP contribution in [0.1, 0.15) is 26.3 Å². The molecule has 0 spiro atoms. The Bertz CT molecular complexity index is 399. The van der Waals surface area contributed by atoms with Crippen molar-refractivity contribution >= 4 is 6.08 Å². The second kappa shape index (κ2) is 5.68. The van der Waals surface area contributed by atoms with Crippen LogP contribution in [-0.4, -0.2) is 23.4 Å². The van der Waals surface area contributed by atoms with Crippen LogP contribution in [0, 0.1) is 11.8 Å². The smallest absolute Gasteiger partial charge is 0.0813 e. The van der Waals surface area contributed by atoms with Crippen molar-refractivity contribution in [1.82, 2.24) is 0 Å². The highest BCUT2D eigenvalue weighted by atomic mass is 16.5. The van der Waals surface area contributed by atoms with E-state index in [0.717, 1.165) is 5.56 Å². The van der Waals surface area contributed by atoms with Gasteiger partial charge in [-0.25, -0.2) is 0 Å². The Hall–Kier alpha value is -1.12. The molecule has 2 nitrogen and oxygen atoms in total. The molecular weight excluding hydrogens is 224 g/mol. The Morgan fingerprint density at radius 3 is 2.39 bits per heavy atom. The summed E-state index contributed by atoms with van der Waals surface area (Å²) in [6.45, 7) is 6.12. The fraction of sp³-hybridized carbons (Fsp3) is 0.500. The summed E-state index contributed by atoms with van der Waals surface area (Å²) < 4.78 is 5.96. The minimum Gasteiger partial charge on any atom is -0.392 e. The van der Waals surface area contributed by atoms with Crippen molar-refractivity contribution in [3.05, 3.63) is 42.0 Å². The monoisotopic (exact) mass is 246 g/mol. The van der Waals surface area contributed by atoms with Crippen LogP contribution in [0.5, 0.6) is 0 Å². The van der Waals surface area contributed by atoms with Gasteiger partial charge in [-0.15, -0.1) is 0 Å². The van der Waals surface area contributed by atoms with Gasteiger partial charge in [0.05, 0.1) is 18.3 Å². The van der Waals surface area contributed by atoms with Gasteiger partial charge in [-0.05, 0) is 12.5 Å². The third-order valence-electron chi connectivity index (χ3n) is 3.99. The quantitative estimate of drug-likeness (QED) is 0.868. The molecule has 0 aromatic heterocycles. The number of aliphatic hydroxyl groups excluding tert-OH is 1. The fourth-order valence-corrected chi connectivity index (χ4v) is 2.44. The maximum absolute atomic E-state index is 10.2. The molecule has 5 atom stereocenters. The van der Waals surface area contributed by atoms with Gasteiger partial charge in [0, 0.05) is 11.8 Å². The van der Waals surface area contributed by atoms with Gasteiger partial charge in [-0.1, -0.05) is 56.3 Å². The second-order valence-corrected chi connectivity index (χ2v) is 5.28. The first kappa shape index (κ1) is 13.3. The van der Waals surface area contributed by atoms with Gasteiger partial charge in [0.2, 0.25) is 0 Å². The van der Waals surface area contributed by atoms with Gasteiger partial charge in [0.15, 0.2) is 0 Å². The Labute approximate surface area is 109 Å². The molecule has 1 heterocycles.